The minimum absolute atomic E-state index is 0.0685. The highest BCUT2D eigenvalue weighted by Crippen LogP contribution is 2.44. The van der Waals surface area contributed by atoms with Crippen LogP contribution in [0.3, 0.4) is 0 Å². The number of primary amides is 1. The number of quaternary nitrogens is 1. The van der Waals surface area contributed by atoms with Crippen molar-refractivity contribution in [2.45, 2.75) is 45.2 Å². The van der Waals surface area contributed by atoms with E-state index in [-0.39, 0.29) is 12.0 Å². The number of nitrogens with one attached hydrogen (secondary N) is 1. The molecule has 1 amide bonds. The maximum Gasteiger partial charge on any atom is 0.254 e. The van der Waals surface area contributed by atoms with Crippen LogP contribution in [0.4, 0.5) is 11.5 Å². The van der Waals surface area contributed by atoms with Gasteiger partial charge in [0.15, 0.2) is 5.82 Å². The number of benzene rings is 1. The van der Waals surface area contributed by atoms with Gasteiger partial charge in [0, 0.05) is 29.7 Å². The number of hydrogen-bond donors (Lipinski definition) is 2. The normalized spacial score (nSPS) is 26.5. The number of likely N-dealkylation sites (tertiary alicyclic amines) is 1. The molecule has 31 heavy (non-hydrogen) atoms. The number of amides is 1. The molecular formula is C23H30ClN6O+. The number of nitrogens with zero attached hydrogens (tertiary/aromatic N) is 4. The van der Waals surface area contributed by atoms with Crippen molar-refractivity contribution in [2.75, 3.05) is 25.5 Å². The number of halogens is 1. The van der Waals surface area contributed by atoms with E-state index in [4.69, 9.17) is 17.3 Å². The standard InChI is InChI=1S/C23H29ClN6O/c1-23(2)13-30(3,14-23)18-8-9-20(15(10-18)11-25)29-12-19(21(26)31)22(28-29)27-17-6-4-16(24)5-7-17/h4-7,12,15,18,20H,8-10,13-14H2,1-3H3,(H2-,26,27,28,31)/p+1/t15-,18+,20+/m1/s1. The van der Waals surface area contributed by atoms with Crippen molar-refractivity contribution in [2.24, 2.45) is 17.1 Å². The number of nitrogens with two attached hydrogens (primary N) is 1. The summed E-state index contributed by atoms with van der Waals surface area (Å²) < 4.78 is 2.81. The summed E-state index contributed by atoms with van der Waals surface area (Å²) in [4.78, 5) is 12.0. The van der Waals surface area contributed by atoms with Crippen molar-refractivity contribution in [3.63, 3.8) is 0 Å². The molecule has 1 aromatic heterocycles. The lowest BCUT2D eigenvalue weighted by atomic mass is 9.74. The highest BCUT2D eigenvalue weighted by atomic mass is 35.5. The van der Waals surface area contributed by atoms with Crippen molar-refractivity contribution in [1.82, 2.24) is 9.78 Å². The summed E-state index contributed by atoms with van der Waals surface area (Å²) in [5.41, 5.74) is 7.07. The Labute approximate surface area is 188 Å². The Morgan fingerprint density at radius 1 is 1.32 bits per heavy atom. The molecule has 8 heteroatoms. The van der Waals surface area contributed by atoms with Gasteiger partial charge in [0.1, 0.15) is 5.56 Å². The largest absolute Gasteiger partial charge is 0.365 e. The second-order valence-electron chi connectivity index (χ2n) is 10.1. The van der Waals surface area contributed by atoms with Crippen LogP contribution in [0, 0.1) is 22.7 Å². The molecule has 4 rings (SSSR count). The highest BCUT2D eigenvalue weighted by molar-refractivity contribution is 6.30. The number of nitriles is 1. The van der Waals surface area contributed by atoms with Gasteiger partial charge in [-0.1, -0.05) is 11.6 Å². The first kappa shape index (κ1) is 21.7. The molecule has 3 atom stereocenters. The first-order valence-corrected chi connectivity index (χ1v) is 11.1. The number of rotatable bonds is 5. The van der Waals surface area contributed by atoms with Crippen molar-refractivity contribution in [1.29, 1.82) is 5.26 Å². The van der Waals surface area contributed by atoms with Gasteiger partial charge in [-0.15, -0.1) is 0 Å². The smallest absolute Gasteiger partial charge is 0.254 e. The van der Waals surface area contributed by atoms with Crippen LogP contribution in [-0.4, -0.2) is 46.3 Å². The van der Waals surface area contributed by atoms with Gasteiger partial charge in [-0.25, -0.2) is 0 Å². The average Bonchev–Trinajstić information content (AvgIpc) is 3.11. The highest BCUT2D eigenvalue weighted by Gasteiger charge is 2.53. The number of carbonyl (C=O) groups is 1. The lowest BCUT2D eigenvalue weighted by molar-refractivity contribution is -0.988. The van der Waals surface area contributed by atoms with Gasteiger partial charge < -0.3 is 15.5 Å². The van der Waals surface area contributed by atoms with Crippen LogP contribution >= 0.6 is 11.6 Å². The van der Waals surface area contributed by atoms with Crippen molar-refractivity contribution in [3.05, 3.63) is 41.0 Å². The summed E-state index contributed by atoms with van der Waals surface area (Å²) in [5, 5.41) is 18.3. The molecule has 164 valence electrons. The van der Waals surface area contributed by atoms with Gasteiger partial charge >= 0.3 is 0 Å². The molecule has 1 saturated carbocycles. The molecule has 2 aromatic rings. The summed E-state index contributed by atoms with van der Waals surface area (Å²) in [6.07, 6.45) is 4.43. The molecule has 0 unspecified atom stereocenters. The van der Waals surface area contributed by atoms with E-state index in [2.05, 4.69) is 37.4 Å². The monoisotopic (exact) mass is 441 g/mol. The fourth-order valence-electron chi connectivity index (χ4n) is 5.83. The third-order valence-electron chi connectivity index (χ3n) is 6.86. The van der Waals surface area contributed by atoms with Crippen LogP contribution in [-0.2, 0) is 0 Å². The fraction of sp³-hybridized carbons (Fsp3) is 0.522. The predicted octanol–water partition coefficient (Wildman–Crippen LogP) is 4.10. The Kier molecular flexibility index (Phi) is 5.48. The molecule has 0 radical (unpaired) electrons. The van der Waals surface area contributed by atoms with Crippen LogP contribution < -0.4 is 11.1 Å². The second kappa shape index (κ2) is 7.85. The Hall–Kier alpha value is -2.56. The molecule has 1 saturated heterocycles. The third-order valence-corrected chi connectivity index (χ3v) is 7.11. The lowest BCUT2D eigenvalue weighted by Gasteiger charge is -2.58. The van der Waals surface area contributed by atoms with Gasteiger partial charge in [-0.3, -0.25) is 9.48 Å². The molecule has 2 fully saturated rings. The van der Waals surface area contributed by atoms with Crippen LogP contribution in [0.15, 0.2) is 30.5 Å². The zero-order valence-corrected chi connectivity index (χ0v) is 19.1. The van der Waals surface area contributed by atoms with Crippen molar-refractivity contribution >= 4 is 29.0 Å². The second-order valence-corrected chi connectivity index (χ2v) is 10.5. The molecule has 0 bridgehead atoms. The van der Waals surface area contributed by atoms with E-state index in [1.807, 2.05) is 12.1 Å². The van der Waals surface area contributed by atoms with E-state index in [0.717, 1.165) is 42.5 Å². The van der Waals surface area contributed by atoms with Gasteiger partial charge in [0.25, 0.3) is 5.91 Å². The molecule has 0 spiro atoms. The number of carbonyl (C=O) groups excluding carboxylic acids is 1. The van der Waals surface area contributed by atoms with E-state index in [0.29, 0.717) is 27.9 Å². The van der Waals surface area contributed by atoms with Crippen LogP contribution in [0.25, 0.3) is 0 Å². The first-order valence-electron chi connectivity index (χ1n) is 10.8. The van der Waals surface area contributed by atoms with E-state index in [1.54, 1.807) is 23.0 Å². The molecule has 1 aromatic carbocycles. The van der Waals surface area contributed by atoms with Gasteiger partial charge in [0.2, 0.25) is 0 Å². The molecule has 7 nitrogen and oxygen atoms in total. The Bertz CT molecular complexity index is 1010. The molecule has 3 N–H and O–H groups in total. The van der Waals surface area contributed by atoms with E-state index in [1.165, 1.54) is 0 Å². The van der Waals surface area contributed by atoms with Gasteiger partial charge in [-0.05, 0) is 44.5 Å². The average molecular weight is 442 g/mol. The number of aromatic nitrogens is 2. The third kappa shape index (κ3) is 4.28. The minimum atomic E-state index is -0.550. The SMILES string of the molecule is CC1(C)C[N+](C)([C@H]2CC[C@H](n3cc(C(N)=O)c(Nc4ccc(Cl)cc4)n3)[C@@H](C#N)C2)C1. The van der Waals surface area contributed by atoms with Crippen molar-refractivity contribution in [3.8, 4) is 6.07 Å². The zero-order valence-electron chi connectivity index (χ0n) is 18.3. The molecule has 2 heterocycles. The summed E-state index contributed by atoms with van der Waals surface area (Å²) in [6.45, 7) is 6.93. The van der Waals surface area contributed by atoms with E-state index in [9.17, 15) is 10.1 Å². The summed E-state index contributed by atoms with van der Waals surface area (Å²) in [5.74, 6) is -0.302. The Morgan fingerprint density at radius 3 is 2.58 bits per heavy atom. The quantitative estimate of drug-likeness (QED) is 0.682. The van der Waals surface area contributed by atoms with E-state index >= 15 is 0 Å². The summed E-state index contributed by atoms with van der Waals surface area (Å²) in [7, 11) is 2.32. The van der Waals surface area contributed by atoms with E-state index < -0.39 is 5.91 Å². The molecule has 1 aliphatic heterocycles. The number of hydrogen-bond acceptors (Lipinski definition) is 4. The minimum Gasteiger partial charge on any atom is -0.365 e. The lowest BCUT2D eigenvalue weighted by Crippen LogP contribution is -2.70. The van der Waals surface area contributed by atoms with Crippen LogP contribution in [0.1, 0.15) is 49.5 Å². The van der Waals surface area contributed by atoms with Crippen LogP contribution in [0.2, 0.25) is 5.02 Å². The topological polar surface area (TPSA) is 96.7 Å². The summed E-state index contributed by atoms with van der Waals surface area (Å²) in [6, 6.07) is 10.1. The summed E-state index contributed by atoms with van der Waals surface area (Å²) >= 11 is 5.95. The molecule has 2 aliphatic rings. The van der Waals surface area contributed by atoms with Crippen LogP contribution in [0.5, 0.6) is 0 Å². The zero-order chi connectivity index (χ0) is 22.4. The number of anilines is 2. The molecule has 1 aliphatic carbocycles. The van der Waals surface area contributed by atoms with Gasteiger partial charge in [-0.2, -0.15) is 10.4 Å². The molecular weight excluding hydrogens is 412 g/mol. The Balaban J connectivity index is 1.54. The maximum absolute atomic E-state index is 12.0. The fourth-order valence-corrected chi connectivity index (χ4v) is 5.95. The Morgan fingerprint density at radius 2 is 2.00 bits per heavy atom. The maximum atomic E-state index is 12.0. The predicted molar refractivity (Wildman–Crippen MR) is 121 cm³/mol. The first-order chi connectivity index (χ1) is 14.6. The van der Waals surface area contributed by atoms with Gasteiger partial charge in [0.05, 0.1) is 49.6 Å². The van der Waals surface area contributed by atoms with Crippen molar-refractivity contribution < 1.29 is 9.28 Å².